The van der Waals surface area contributed by atoms with E-state index in [1.165, 1.54) is 30.3 Å². The molecule has 0 aromatic heterocycles. The highest BCUT2D eigenvalue weighted by atomic mass is 35.5. The molecule has 0 radical (unpaired) electrons. The van der Waals surface area contributed by atoms with E-state index >= 15 is 0 Å². The standard InChI is InChI=1S/C15H12ClNO4/c1-8-2-4-11(13(18)6-8)14(19)17-9-3-5-10(15(20)21)12(16)7-9/h2-7,18H,1H3,(H,17,19)(H,20,21). The molecule has 0 atom stereocenters. The van der Waals surface area contributed by atoms with Crippen molar-refractivity contribution < 1.29 is 19.8 Å². The van der Waals surface area contributed by atoms with Gasteiger partial charge in [0.2, 0.25) is 0 Å². The highest BCUT2D eigenvalue weighted by Gasteiger charge is 2.13. The predicted octanol–water partition coefficient (Wildman–Crippen LogP) is 3.30. The van der Waals surface area contributed by atoms with Crippen molar-refractivity contribution in [1.82, 2.24) is 0 Å². The fraction of sp³-hybridized carbons (Fsp3) is 0.0667. The van der Waals surface area contributed by atoms with Crippen molar-refractivity contribution in [3.05, 3.63) is 58.1 Å². The number of aromatic carboxylic acids is 1. The van der Waals surface area contributed by atoms with Gasteiger partial charge in [-0.25, -0.2) is 4.79 Å². The zero-order valence-electron chi connectivity index (χ0n) is 11.1. The maximum absolute atomic E-state index is 12.0. The zero-order chi connectivity index (χ0) is 15.6. The number of phenols is 1. The highest BCUT2D eigenvalue weighted by molar-refractivity contribution is 6.33. The Bertz CT molecular complexity index is 728. The summed E-state index contributed by atoms with van der Waals surface area (Å²) >= 11 is 5.82. The second-order valence-electron chi connectivity index (χ2n) is 4.47. The van der Waals surface area contributed by atoms with Gasteiger partial charge in [-0.15, -0.1) is 0 Å². The van der Waals surface area contributed by atoms with Gasteiger partial charge >= 0.3 is 5.97 Å². The summed E-state index contributed by atoms with van der Waals surface area (Å²) < 4.78 is 0. The molecule has 5 nitrogen and oxygen atoms in total. The maximum Gasteiger partial charge on any atom is 0.337 e. The molecule has 3 N–H and O–H groups in total. The van der Waals surface area contributed by atoms with E-state index in [-0.39, 0.29) is 21.9 Å². The van der Waals surface area contributed by atoms with Gasteiger partial charge in [-0.3, -0.25) is 4.79 Å². The molecule has 2 aromatic carbocycles. The number of amides is 1. The van der Waals surface area contributed by atoms with Crippen LogP contribution in [0.25, 0.3) is 0 Å². The molecule has 1 amide bonds. The predicted molar refractivity (Wildman–Crippen MR) is 79.2 cm³/mol. The number of aryl methyl sites for hydroxylation is 1. The van der Waals surface area contributed by atoms with Crippen molar-refractivity contribution in [2.75, 3.05) is 5.32 Å². The van der Waals surface area contributed by atoms with E-state index in [4.69, 9.17) is 16.7 Å². The first-order valence-corrected chi connectivity index (χ1v) is 6.40. The molecule has 0 saturated heterocycles. The van der Waals surface area contributed by atoms with E-state index in [1.54, 1.807) is 13.0 Å². The number of carboxylic acid groups (broad SMARTS) is 1. The number of hydrogen-bond acceptors (Lipinski definition) is 3. The minimum atomic E-state index is -1.14. The number of nitrogens with one attached hydrogen (secondary N) is 1. The molecule has 0 aliphatic carbocycles. The fourth-order valence-corrected chi connectivity index (χ4v) is 2.06. The lowest BCUT2D eigenvalue weighted by Gasteiger charge is -2.08. The van der Waals surface area contributed by atoms with Crippen LogP contribution in [-0.2, 0) is 0 Å². The van der Waals surface area contributed by atoms with Crippen LogP contribution in [0.3, 0.4) is 0 Å². The molecular weight excluding hydrogens is 294 g/mol. The first kappa shape index (κ1) is 14.9. The normalized spacial score (nSPS) is 10.2. The highest BCUT2D eigenvalue weighted by Crippen LogP contribution is 2.23. The monoisotopic (exact) mass is 305 g/mol. The summed E-state index contributed by atoms with van der Waals surface area (Å²) in [6.45, 7) is 1.80. The third kappa shape index (κ3) is 3.32. The average molecular weight is 306 g/mol. The Hall–Kier alpha value is -2.53. The number of carbonyl (C=O) groups excluding carboxylic acids is 1. The molecule has 0 spiro atoms. The molecule has 108 valence electrons. The van der Waals surface area contributed by atoms with Gasteiger partial charge in [-0.1, -0.05) is 17.7 Å². The number of anilines is 1. The van der Waals surface area contributed by atoms with Gasteiger partial charge in [0.05, 0.1) is 16.1 Å². The molecule has 2 aromatic rings. The lowest BCUT2D eigenvalue weighted by molar-refractivity contribution is 0.0697. The van der Waals surface area contributed by atoms with Crippen LogP contribution < -0.4 is 5.32 Å². The van der Waals surface area contributed by atoms with Crippen LogP contribution in [0.4, 0.5) is 5.69 Å². The third-order valence-corrected chi connectivity index (χ3v) is 3.17. The minimum absolute atomic E-state index is 0.0217. The van der Waals surface area contributed by atoms with Crippen LogP contribution in [0.1, 0.15) is 26.3 Å². The molecule has 0 aliphatic rings. The lowest BCUT2D eigenvalue weighted by Crippen LogP contribution is -2.12. The molecule has 0 unspecified atom stereocenters. The molecule has 0 heterocycles. The van der Waals surface area contributed by atoms with Gasteiger partial charge in [-0.05, 0) is 42.8 Å². The van der Waals surface area contributed by atoms with Crippen LogP contribution in [0, 0.1) is 6.92 Å². The number of aromatic hydroxyl groups is 1. The summed E-state index contributed by atoms with van der Waals surface area (Å²) in [5.74, 6) is -1.78. The van der Waals surface area contributed by atoms with Gasteiger partial charge in [0.15, 0.2) is 0 Å². The molecular formula is C15H12ClNO4. The number of benzene rings is 2. The van der Waals surface area contributed by atoms with Gasteiger partial charge in [-0.2, -0.15) is 0 Å². The SMILES string of the molecule is Cc1ccc(C(=O)Nc2ccc(C(=O)O)c(Cl)c2)c(O)c1. The lowest BCUT2D eigenvalue weighted by atomic mass is 10.1. The first-order valence-electron chi connectivity index (χ1n) is 6.02. The minimum Gasteiger partial charge on any atom is -0.507 e. The molecule has 0 aliphatic heterocycles. The van der Waals surface area contributed by atoms with Crippen molar-refractivity contribution in [3.8, 4) is 5.75 Å². The summed E-state index contributed by atoms with van der Waals surface area (Å²) in [5, 5.41) is 21.2. The zero-order valence-corrected chi connectivity index (χ0v) is 11.8. The summed E-state index contributed by atoms with van der Waals surface area (Å²) in [7, 11) is 0. The largest absolute Gasteiger partial charge is 0.507 e. The Morgan fingerprint density at radius 1 is 1.10 bits per heavy atom. The van der Waals surface area contributed by atoms with Gasteiger partial charge in [0.1, 0.15) is 5.75 Å². The first-order chi connectivity index (χ1) is 9.88. The van der Waals surface area contributed by atoms with Gasteiger partial charge in [0, 0.05) is 5.69 Å². The molecule has 21 heavy (non-hydrogen) atoms. The van der Waals surface area contributed by atoms with E-state index in [0.29, 0.717) is 5.69 Å². The molecule has 0 bridgehead atoms. The summed E-state index contributed by atoms with van der Waals surface area (Å²) in [6.07, 6.45) is 0. The van der Waals surface area contributed by atoms with E-state index in [0.717, 1.165) is 5.56 Å². The number of carbonyl (C=O) groups is 2. The molecule has 2 rings (SSSR count). The van der Waals surface area contributed by atoms with Crippen LogP contribution in [0.15, 0.2) is 36.4 Å². The second-order valence-corrected chi connectivity index (χ2v) is 4.88. The van der Waals surface area contributed by atoms with E-state index in [9.17, 15) is 14.7 Å². The topological polar surface area (TPSA) is 86.6 Å². The van der Waals surface area contributed by atoms with Crippen molar-refractivity contribution >= 4 is 29.2 Å². The Labute approximate surface area is 125 Å². The summed E-state index contributed by atoms with van der Waals surface area (Å²) in [6, 6.07) is 8.76. The van der Waals surface area contributed by atoms with Gasteiger partial charge < -0.3 is 15.5 Å². The number of phenolic OH excluding ortho intramolecular Hbond substituents is 1. The second kappa shape index (κ2) is 5.85. The van der Waals surface area contributed by atoms with Crippen LogP contribution in [0.5, 0.6) is 5.75 Å². The van der Waals surface area contributed by atoms with Crippen LogP contribution in [0.2, 0.25) is 5.02 Å². The maximum atomic E-state index is 12.0. The quantitative estimate of drug-likeness (QED) is 0.812. The number of halogens is 1. The Kier molecular flexibility index (Phi) is 4.14. The van der Waals surface area contributed by atoms with E-state index in [2.05, 4.69) is 5.32 Å². The van der Waals surface area contributed by atoms with Crippen LogP contribution >= 0.6 is 11.6 Å². The van der Waals surface area contributed by atoms with Crippen molar-refractivity contribution in [1.29, 1.82) is 0 Å². The number of rotatable bonds is 3. The summed E-state index contributed by atoms with van der Waals surface area (Å²) in [4.78, 5) is 22.9. The van der Waals surface area contributed by atoms with E-state index < -0.39 is 11.9 Å². The average Bonchev–Trinajstić information content (AvgIpc) is 2.37. The number of carboxylic acids is 1. The summed E-state index contributed by atoms with van der Waals surface area (Å²) in [5.41, 5.74) is 1.25. The number of hydrogen-bond donors (Lipinski definition) is 3. The van der Waals surface area contributed by atoms with Gasteiger partial charge in [0.25, 0.3) is 5.91 Å². The third-order valence-electron chi connectivity index (χ3n) is 2.86. The van der Waals surface area contributed by atoms with Crippen molar-refractivity contribution in [2.45, 2.75) is 6.92 Å². The molecule has 0 fully saturated rings. The smallest absolute Gasteiger partial charge is 0.337 e. The Morgan fingerprint density at radius 3 is 2.33 bits per heavy atom. The molecule has 0 saturated carbocycles. The van der Waals surface area contributed by atoms with Crippen molar-refractivity contribution in [3.63, 3.8) is 0 Å². The fourth-order valence-electron chi connectivity index (χ4n) is 1.80. The van der Waals surface area contributed by atoms with Crippen LogP contribution in [-0.4, -0.2) is 22.1 Å². The van der Waals surface area contributed by atoms with E-state index in [1.807, 2.05) is 0 Å². The molecule has 6 heteroatoms. The Morgan fingerprint density at radius 2 is 1.76 bits per heavy atom. The van der Waals surface area contributed by atoms with Crippen molar-refractivity contribution in [2.24, 2.45) is 0 Å². The Balaban J connectivity index is 2.23.